The van der Waals surface area contributed by atoms with Crippen LogP contribution in [-0.4, -0.2) is 26.4 Å². The molecule has 1 saturated heterocycles. The SMILES string of the molecule is CC(C)(CCN)C1(c2ccc3c(c2)CCO3)COC1. The van der Waals surface area contributed by atoms with Crippen LogP contribution in [0.4, 0.5) is 0 Å². The Morgan fingerprint density at radius 3 is 2.74 bits per heavy atom. The summed E-state index contributed by atoms with van der Waals surface area (Å²) in [5, 5.41) is 0. The molecule has 1 aromatic rings. The van der Waals surface area contributed by atoms with Crippen molar-refractivity contribution >= 4 is 0 Å². The van der Waals surface area contributed by atoms with Crippen LogP contribution in [0.25, 0.3) is 0 Å². The molecule has 3 nitrogen and oxygen atoms in total. The van der Waals surface area contributed by atoms with Crippen LogP contribution in [0.5, 0.6) is 5.75 Å². The zero-order valence-corrected chi connectivity index (χ0v) is 11.9. The minimum atomic E-state index is 0.115. The molecule has 3 rings (SSSR count). The van der Waals surface area contributed by atoms with Gasteiger partial charge in [-0.3, -0.25) is 0 Å². The lowest BCUT2D eigenvalue weighted by molar-refractivity contribution is -0.121. The van der Waals surface area contributed by atoms with Gasteiger partial charge in [0, 0.05) is 11.8 Å². The topological polar surface area (TPSA) is 44.5 Å². The molecule has 0 radical (unpaired) electrons. The molecular formula is C16H23NO2. The number of fused-ring (bicyclic) bond motifs is 1. The van der Waals surface area contributed by atoms with E-state index in [1.165, 1.54) is 11.1 Å². The highest BCUT2D eigenvalue weighted by Gasteiger charge is 2.51. The van der Waals surface area contributed by atoms with Gasteiger partial charge in [-0.25, -0.2) is 0 Å². The molecular weight excluding hydrogens is 238 g/mol. The monoisotopic (exact) mass is 261 g/mol. The predicted molar refractivity (Wildman–Crippen MR) is 75.6 cm³/mol. The van der Waals surface area contributed by atoms with Crippen LogP contribution >= 0.6 is 0 Å². The van der Waals surface area contributed by atoms with E-state index in [9.17, 15) is 0 Å². The summed E-state index contributed by atoms with van der Waals surface area (Å²) in [5.41, 5.74) is 8.80. The van der Waals surface area contributed by atoms with E-state index in [0.717, 1.165) is 45.0 Å². The molecule has 0 unspecified atom stereocenters. The highest BCUT2D eigenvalue weighted by atomic mass is 16.5. The Morgan fingerprint density at radius 1 is 1.32 bits per heavy atom. The number of ether oxygens (including phenoxy) is 2. The standard InChI is InChI=1S/C16H23NO2/c1-15(2,6-7-17)16(10-18-11-16)13-3-4-14-12(9-13)5-8-19-14/h3-4,9H,5-8,10-11,17H2,1-2H3. The van der Waals surface area contributed by atoms with E-state index in [0.29, 0.717) is 0 Å². The maximum atomic E-state index is 5.80. The zero-order valence-electron chi connectivity index (χ0n) is 11.9. The third-order valence-corrected chi connectivity index (χ3v) is 5.00. The van der Waals surface area contributed by atoms with Crippen LogP contribution in [0.2, 0.25) is 0 Å². The summed E-state index contributed by atoms with van der Waals surface area (Å²) in [6.45, 7) is 7.77. The molecule has 0 spiro atoms. The van der Waals surface area contributed by atoms with Gasteiger partial charge in [-0.05, 0) is 35.6 Å². The summed E-state index contributed by atoms with van der Waals surface area (Å²) in [4.78, 5) is 0. The molecule has 2 heterocycles. The fourth-order valence-electron chi connectivity index (χ4n) is 3.34. The van der Waals surface area contributed by atoms with Crippen molar-refractivity contribution in [3.63, 3.8) is 0 Å². The summed E-state index contributed by atoms with van der Waals surface area (Å²) < 4.78 is 11.2. The Kier molecular flexibility index (Phi) is 3.06. The highest BCUT2D eigenvalue weighted by molar-refractivity contribution is 5.44. The second kappa shape index (κ2) is 4.50. The first-order valence-corrected chi connectivity index (χ1v) is 7.13. The molecule has 3 heteroatoms. The lowest BCUT2D eigenvalue weighted by Gasteiger charge is -2.53. The van der Waals surface area contributed by atoms with Crippen molar-refractivity contribution in [2.45, 2.75) is 32.1 Å². The van der Waals surface area contributed by atoms with Crippen molar-refractivity contribution < 1.29 is 9.47 Å². The summed E-state index contributed by atoms with van der Waals surface area (Å²) in [6.07, 6.45) is 2.04. The van der Waals surface area contributed by atoms with Crippen LogP contribution in [0, 0.1) is 5.41 Å². The van der Waals surface area contributed by atoms with Crippen molar-refractivity contribution in [3.8, 4) is 5.75 Å². The molecule has 0 bridgehead atoms. The lowest BCUT2D eigenvalue weighted by Crippen LogP contribution is -2.57. The molecule has 0 aromatic heterocycles. The first-order chi connectivity index (χ1) is 9.09. The predicted octanol–water partition coefficient (Wildman–Crippen LogP) is 2.26. The summed E-state index contributed by atoms with van der Waals surface area (Å²) in [7, 11) is 0. The van der Waals surface area contributed by atoms with E-state index in [-0.39, 0.29) is 10.8 Å². The smallest absolute Gasteiger partial charge is 0.122 e. The average molecular weight is 261 g/mol. The minimum absolute atomic E-state index is 0.115. The maximum absolute atomic E-state index is 5.80. The molecule has 0 aliphatic carbocycles. The van der Waals surface area contributed by atoms with Gasteiger partial charge < -0.3 is 15.2 Å². The van der Waals surface area contributed by atoms with Gasteiger partial charge in [0.25, 0.3) is 0 Å². The molecule has 2 aliphatic heterocycles. The largest absolute Gasteiger partial charge is 0.493 e. The van der Waals surface area contributed by atoms with E-state index in [4.69, 9.17) is 15.2 Å². The van der Waals surface area contributed by atoms with Gasteiger partial charge >= 0.3 is 0 Å². The van der Waals surface area contributed by atoms with E-state index < -0.39 is 0 Å². The van der Waals surface area contributed by atoms with Crippen molar-refractivity contribution in [1.82, 2.24) is 0 Å². The Labute approximate surface area is 115 Å². The summed E-state index contributed by atoms with van der Waals surface area (Å²) in [5.74, 6) is 1.05. The third kappa shape index (κ3) is 1.87. The maximum Gasteiger partial charge on any atom is 0.122 e. The van der Waals surface area contributed by atoms with Crippen molar-refractivity contribution in [1.29, 1.82) is 0 Å². The first-order valence-electron chi connectivity index (χ1n) is 7.13. The second-order valence-electron chi connectivity index (χ2n) is 6.42. The number of nitrogens with two attached hydrogens (primary N) is 1. The first kappa shape index (κ1) is 12.9. The molecule has 0 saturated carbocycles. The van der Waals surface area contributed by atoms with Gasteiger partial charge in [0.2, 0.25) is 0 Å². The van der Waals surface area contributed by atoms with Crippen molar-refractivity contribution in [2.24, 2.45) is 11.1 Å². The van der Waals surface area contributed by atoms with Gasteiger partial charge in [-0.2, -0.15) is 0 Å². The lowest BCUT2D eigenvalue weighted by atomic mass is 9.59. The molecule has 2 aliphatic rings. The van der Waals surface area contributed by atoms with Crippen LogP contribution in [0.1, 0.15) is 31.4 Å². The van der Waals surface area contributed by atoms with Crippen molar-refractivity contribution in [3.05, 3.63) is 29.3 Å². The minimum Gasteiger partial charge on any atom is -0.493 e. The fourth-order valence-corrected chi connectivity index (χ4v) is 3.34. The molecule has 0 atom stereocenters. The Balaban J connectivity index is 1.98. The van der Waals surface area contributed by atoms with Crippen LogP contribution in [0.3, 0.4) is 0 Å². The van der Waals surface area contributed by atoms with Crippen LogP contribution in [-0.2, 0) is 16.6 Å². The van der Waals surface area contributed by atoms with Gasteiger partial charge in [-0.1, -0.05) is 26.0 Å². The number of hydrogen-bond donors (Lipinski definition) is 1. The van der Waals surface area contributed by atoms with E-state index in [1.54, 1.807) is 0 Å². The Bertz CT molecular complexity index is 478. The number of rotatable bonds is 4. The second-order valence-corrected chi connectivity index (χ2v) is 6.42. The quantitative estimate of drug-likeness (QED) is 0.904. The van der Waals surface area contributed by atoms with E-state index in [2.05, 4.69) is 32.0 Å². The zero-order chi connectivity index (χ0) is 13.5. The average Bonchev–Trinajstić information content (AvgIpc) is 2.73. The van der Waals surface area contributed by atoms with Gasteiger partial charge in [0.1, 0.15) is 5.75 Å². The number of hydrogen-bond acceptors (Lipinski definition) is 3. The molecule has 2 N–H and O–H groups in total. The molecule has 0 amide bonds. The van der Waals surface area contributed by atoms with E-state index >= 15 is 0 Å². The van der Waals surface area contributed by atoms with Gasteiger partial charge in [-0.15, -0.1) is 0 Å². The summed E-state index contributed by atoms with van der Waals surface area (Å²) >= 11 is 0. The Morgan fingerprint density at radius 2 is 2.11 bits per heavy atom. The van der Waals surface area contributed by atoms with Crippen molar-refractivity contribution in [2.75, 3.05) is 26.4 Å². The molecule has 1 aromatic carbocycles. The fraction of sp³-hybridized carbons (Fsp3) is 0.625. The molecule has 104 valence electrons. The highest BCUT2D eigenvalue weighted by Crippen LogP contribution is 2.50. The number of benzene rings is 1. The normalized spacial score (nSPS) is 20.6. The van der Waals surface area contributed by atoms with Crippen LogP contribution < -0.4 is 10.5 Å². The van der Waals surface area contributed by atoms with E-state index in [1.807, 2.05) is 0 Å². The van der Waals surface area contributed by atoms with Gasteiger partial charge in [0.15, 0.2) is 0 Å². The Hall–Kier alpha value is -1.06. The summed E-state index contributed by atoms with van der Waals surface area (Å²) in [6, 6.07) is 6.66. The third-order valence-electron chi connectivity index (χ3n) is 5.00. The van der Waals surface area contributed by atoms with Gasteiger partial charge in [0.05, 0.1) is 19.8 Å². The molecule has 19 heavy (non-hydrogen) atoms. The molecule has 1 fully saturated rings. The van der Waals surface area contributed by atoms with Crippen LogP contribution in [0.15, 0.2) is 18.2 Å².